The molecule has 6 nitrogen and oxygen atoms in total. The molecule has 3 aromatic rings. The summed E-state index contributed by atoms with van der Waals surface area (Å²) < 4.78 is 31.5. The van der Waals surface area contributed by atoms with Crippen LogP contribution in [0.2, 0.25) is 0 Å². The molecule has 2 heterocycles. The predicted molar refractivity (Wildman–Crippen MR) is 97.3 cm³/mol. The maximum absolute atomic E-state index is 13.1. The van der Waals surface area contributed by atoms with E-state index in [1.165, 1.54) is 36.4 Å². The molecule has 1 aliphatic heterocycles. The van der Waals surface area contributed by atoms with Gasteiger partial charge < -0.3 is 9.84 Å². The molecule has 8 heteroatoms. The second-order valence-corrected chi connectivity index (χ2v) is 6.83. The van der Waals surface area contributed by atoms with Crippen molar-refractivity contribution in [2.75, 3.05) is 13.6 Å². The van der Waals surface area contributed by atoms with Gasteiger partial charge in [0.2, 0.25) is 11.7 Å². The molecule has 0 spiro atoms. The lowest BCUT2D eigenvalue weighted by molar-refractivity contribution is 0.0938. The van der Waals surface area contributed by atoms with Gasteiger partial charge in [-0.05, 0) is 62.0 Å². The second-order valence-electron chi connectivity index (χ2n) is 6.83. The van der Waals surface area contributed by atoms with E-state index in [1.54, 1.807) is 12.1 Å². The van der Waals surface area contributed by atoms with Gasteiger partial charge in [0.05, 0.1) is 6.04 Å². The molecule has 0 aliphatic carbocycles. The molecule has 4 rings (SSSR count). The van der Waals surface area contributed by atoms with Gasteiger partial charge in [-0.2, -0.15) is 4.98 Å². The fraction of sp³-hybridized carbons (Fsp3) is 0.250. The molecule has 1 aliphatic rings. The number of hydrogen-bond donors (Lipinski definition) is 1. The van der Waals surface area contributed by atoms with Crippen molar-refractivity contribution in [2.24, 2.45) is 0 Å². The standard InChI is InChI=1S/C20H18F2N4O2/c1-26-11-16(23-19(27)13-4-8-15(22)9-5-13)10-17(26)20-24-18(25-28-20)12-2-6-14(21)7-3-12/h2-9,16-17H,10-11H2,1H3,(H,23,27). The third-order valence-electron chi connectivity index (χ3n) is 4.82. The zero-order chi connectivity index (χ0) is 19.7. The van der Waals surface area contributed by atoms with Crippen molar-refractivity contribution in [3.8, 4) is 11.4 Å². The van der Waals surface area contributed by atoms with E-state index in [4.69, 9.17) is 4.52 Å². The number of likely N-dealkylation sites (tertiary alicyclic amines) is 1. The smallest absolute Gasteiger partial charge is 0.251 e. The molecule has 0 bridgehead atoms. The summed E-state index contributed by atoms with van der Waals surface area (Å²) in [6.45, 7) is 0.617. The van der Waals surface area contributed by atoms with Crippen LogP contribution in [-0.2, 0) is 0 Å². The van der Waals surface area contributed by atoms with Crippen LogP contribution in [0.25, 0.3) is 11.4 Å². The number of amides is 1. The quantitative estimate of drug-likeness (QED) is 0.748. The maximum atomic E-state index is 13.1. The SMILES string of the molecule is CN1CC(NC(=O)c2ccc(F)cc2)CC1c1nc(-c2ccc(F)cc2)no1. The highest BCUT2D eigenvalue weighted by Crippen LogP contribution is 2.31. The van der Waals surface area contributed by atoms with Gasteiger partial charge in [0.1, 0.15) is 11.6 Å². The molecular formula is C20H18F2N4O2. The minimum atomic E-state index is -0.384. The normalized spacial score (nSPS) is 19.7. The monoisotopic (exact) mass is 384 g/mol. The first-order valence-electron chi connectivity index (χ1n) is 8.86. The molecule has 0 saturated carbocycles. The molecule has 1 amide bonds. The van der Waals surface area contributed by atoms with Crippen LogP contribution >= 0.6 is 0 Å². The third-order valence-corrected chi connectivity index (χ3v) is 4.82. The van der Waals surface area contributed by atoms with Gasteiger partial charge in [0.25, 0.3) is 5.91 Å². The zero-order valence-electron chi connectivity index (χ0n) is 15.1. The van der Waals surface area contributed by atoms with Crippen molar-refractivity contribution in [1.29, 1.82) is 0 Å². The number of carbonyl (C=O) groups excluding carboxylic acids is 1. The van der Waals surface area contributed by atoms with Gasteiger partial charge in [0, 0.05) is 23.7 Å². The number of aromatic nitrogens is 2. The summed E-state index contributed by atoms with van der Waals surface area (Å²) in [6.07, 6.45) is 0.606. The van der Waals surface area contributed by atoms with Crippen LogP contribution in [-0.4, -0.2) is 40.6 Å². The van der Waals surface area contributed by atoms with Gasteiger partial charge in [0.15, 0.2) is 0 Å². The van der Waals surface area contributed by atoms with E-state index in [1.807, 2.05) is 11.9 Å². The number of nitrogens with one attached hydrogen (secondary N) is 1. The number of likely N-dealkylation sites (N-methyl/N-ethyl adjacent to an activating group) is 1. The second kappa shape index (κ2) is 7.47. The van der Waals surface area contributed by atoms with E-state index in [2.05, 4.69) is 15.5 Å². The van der Waals surface area contributed by atoms with Gasteiger partial charge >= 0.3 is 0 Å². The van der Waals surface area contributed by atoms with Gasteiger partial charge in [-0.15, -0.1) is 0 Å². The average Bonchev–Trinajstić information content (AvgIpc) is 3.29. The molecule has 1 saturated heterocycles. The fourth-order valence-corrected chi connectivity index (χ4v) is 3.35. The Morgan fingerprint density at radius 3 is 2.43 bits per heavy atom. The lowest BCUT2D eigenvalue weighted by Crippen LogP contribution is -2.36. The molecule has 1 N–H and O–H groups in total. The van der Waals surface area contributed by atoms with Crippen molar-refractivity contribution in [3.05, 3.63) is 71.6 Å². The van der Waals surface area contributed by atoms with Crippen LogP contribution in [0.3, 0.4) is 0 Å². The first-order valence-corrected chi connectivity index (χ1v) is 8.86. The summed E-state index contributed by atoms with van der Waals surface area (Å²) in [6, 6.07) is 11.0. The number of carbonyl (C=O) groups is 1. The van der Waals surface area contributed by atoms with Crippen LogP contribution in [0, 0.1) is 11.6 Å². The summed E-state index contributed by atoms with van der Waals surface area (Å²) in [5.74, 6) is -0.132. The van der Waals surface area contributed by atoms with Crippen LogP contribution in [0.5, 0.6) is 0 Å². The predicted octanol–water partition coefficient (Wildman–Crippen LogP) is 3.19. The van der Waals surface area contributed by atoms with E-state index >= 15 is 0 Å². The Hall–Kier alpha value is -3.13. The maximum Gasteiger partial charge on any atom is 0.251 e. The highest BCUT2D eigenvalue weighted by atomic mass is 19.1. The Balaban J connectivity index is 1.43. The largest absolute Gasteiger partial charge is 0.348 e. The number of rotatable bonds is 4. The molecule has 0 radical (unpaired) electrons. The van der Waals surface area contributed by atoms with Crippen LogP contribution in [0.15, 0.2) is 53.1 Å². The van der Waals surface area contributed by atoms with Crippen LogP contribution < -0.4 is 5.32 Å². The minimum Gasteiger partial charge on any atom is -0.348 e. The molecule has 28 heavy (non-hydrogen) atoms. The molecule has 1 fully saturated rings. The highest BCUT2D eigenvalue weighted by molar-refractivity contribution is 5.94. The fourth-order valence-electron chi connectivity index (χ4n) is 3.35. The molecule has 2 aromatic carbocycles. The van der Waals surface area contributed by atoms with Gasteiger partial charge in [-0.3, -0.25) is 9.69 Å². The van der Waals surface area contributed by atoms with E-state index < -0.39 is 0 Å². The topological polar surface area (TPSA) is 71.3 Å². The zero-order valence-corrected chi connectivity index (χ0v) is 15.1. The molecular weight excluding hydrogens is 366 g/mol. The van der Waals surface area contributed by atoms with E-state index in [9.17, 15) is 13.6 Å². The Labute approximate surface area is 160 Å². The lowest BCUT2D eigenvalue weighted by atomic mass is 10.1. The minimum absolute atomic E-state index is 0.103. The van der Waals surface area contributed by atoms with Crippen molar-refractivity contribution < 1.29 is 18.1 Å². The van der Waals surface area contributed by atoms with Crippen LogP contribution in [0.4, 0.5) is 8.78 Å². The first-order chi connectivity index (χ1) is 13.5. The van der Waals surface area contributed by atoms with Gasteiger partial charge in [-0.1, -0.05) is 5.16 Å². The van der Waals surface area contributed by atoms with Crippen molar-refractivity contribution >= 4 is 5.91 Å². The van der Waals surface area contributed by atoms with Crippen molar-refractivity contribution in [3.63, 3.8) is 0 Å². The van der Waals surface area contributed by atoms with Crippen LogP contribution in [0.1, 0.15) is 28.7 Å². The van der Waals surface area contributed by atoms with E-state index in [0.29, 0.717) is 35.8 Å². The molecule has 144 valence electrons. The highest BCUT2D eigenvalue weighted by Gasteiger charge is 2.35. The number of nitrogens with zero attached hydrogens (tertiary/aromatic N) is 3. The molecule has 2 atom stereocenters. The summed E-state index contributed by atoms with van der Waals surface area (Å²) in [5, 5.41) is 6.93. The number of hydrogen-bond acceptors (Lipinski definition) is 5. The first kappa shape index (κ1) is 18.2. The Morgan fingerprint density at radius 1 is 1.11 bits per heavy atom. The summed E-state index contributed by atoms with van der Waals surface area (Å²) >= 11 is 0. The lowest BCUT2D eigenvalue weighted by Gasteiger charge is -2.14. The van der Waals surface area contributed by atoms with Gasteiger partial charge in [-0.25, -0.2) is 8.78 Å². The van der Waals surface area contributed by atoms with E-state index in [0.717, 1.165) is 0 Å². The summed E-state index contributed by atoms with van der Waals surface area (Å²) in [7, 11) is 1.91. The number of halogens is 2. The van der Waals surface area contributed by atoms with E-state index in [-0.39, 0.29) is 29.6 Å². The number of benzene rings is 2. The Bertz CT molecular complexity index is 973. The molecule has 1 aromatic heterocycles. The van der Waals surface area contributed by atoms with Crippen molar-refractivity contribution in [2.45, 2.75) is 18.5 Å². The summed E-state index contributed by atoms with van der Waals surface area (Å²) in [4.78, 5) is 18.8. The Kier molecular flexibility index (Phi) is 4.87. The average molecular weight is 384 g/mol. The van der Waals surface area contributed by atoms with Crippen molar-refractivity contribution in [1.82, 2.24) is 20.4 Å². The summed E-state index contributed by atoms with van der Waals surface area (Å²) in [5.41, 5.74) is 1.07. The Morgan fingerprint density at radius 2 is 1.75 bits per heavy atom. The third kappa shape index (κ3) is 3.77. The molecule has 2 unspecified atom stereocenters.